The second kappa shape index (κ2) is 5.72. The van der Waals surface area contributed by atoms with Crippen LogP contribution in [0.4, 0.5) is 0 Å². The molecular weight excluding hydrogens is 178 g/mol. The van der Waals surface area contributed by atoms with Crippen LogP contribution in [0.1, 0.15) is 26.5 Å². The molecule has 0 saturated heterocycles. The molecule has 3 N–H and O–H groups in total. The van der Waals surface area contributed by atoms with E-state index in [9.17, 15) is 0 Å². The fourth-order valence-corrected chi connectivity index (χ4v) is 1.07. The van der Waals surface area contributed by atoms with Crippen molar-refractivity contribution >= 4 is 0 Å². The summed E-state index contributed by atoms with van der Waals surface area (Å²) < 4.78 is 0. The summed E-state index contributed by atoms with van der Waals surface area (Å²) in [5.41, 5.74) is 0.946. The monoisotopic (exact) mass is 197 g/mol. The van der Waals surface area contributed by atoms with Crippen molar-refractivity contribution in [2.75, 3.05) is 6.54 Å². The molecule has 0 aliphatic rings. The molecule has 80 valence electrons. The largest absolute Gasteiger partial charge is 0.313 e. The molecule has 5 nitrogen and oxygen atoms in total. The van der Waals surface area contributed by atoms with E-state index in [2.05, 4.69) is 46.8 Å². The van der Waals surface area contributed by atoms with Gasteiger partial charge in [-0.1, -0.05) is 13.8 Å². The molecule has 1 aromatic heterocycles. The van der Waals surface area contributed by atoms with Gasteiger partial charge in [0.15, 0.2) is 0 Å². The van der Waals surface area contributed by atoms with E-state index >= 15 is 0 Å². The third kappa shape index (κ3) is 4.34. The number of hydrogen-bond donors (Lipinski definition) is 3. The van der Waals surface area contributed by atoms with Crippen molar-refractivity contribution in [1.29, 1.82) is 0 Å². The Bertz CT molecular complexity index is 231. The van der Waals surface area contributed by atoms with Gasteiger partial charge >= 0.3 is 0 Å². The normalized spacial score (nSPS) is 13.4. The van der Waals surface area contributed by atoms with Crippen LogP contribution in [0.25, 0.3) is 0 Å². The second-order valence-electron chi connectivity index (χ2n) is 3.81. The molecule has 0 aromatic carbocycles. The zero-order chi connectivity index (χ0) is 10.4. The molecule has 5 heteroatoms. The standard InChI is InChI=1S/C9H19N5/c1-7(2)10-4-8(3)11-5-9-6-12-14-13-9/h6-8,10-11H,4-5H2,1-3H3,(H,12,13,14). The Kier molecular flexibility index (Phi) is 4.55. The molecule has 0 spiro atoms. The van der Waals surface area contributed by atoms with Crippen LogP contribution in [0.15, 0.2) is 6.20 Å². The minimum absolute atomic E-state index is 0.439. The molecule has 1 aromatic rings. The third-order valence-electron chi connectivity index (χ3n) is 1.93. The summed E-state index contributed by atoms with van der Waals surface area (Å²) in [6, 6.07) is 0.973. The maximum atomic E-state index is 3.96. The lowest BCUT2D eigenvalue weighted by atomic mass is 10.3. The molecule has 0 fully saturated rings. The number of hydrogen-bond acceptors (Lipinski definition) is 4. The van der Waals surface area contributed by atoms with Crippen molar-refractivity contribution < 1.29 is 0 Å². The summed E-state index contributed by atoms with van der Waals surface area (Å²) in [4.78, 5) is 0. The molecular formula is C9H19N5. The first kappa shape index (κ1) is 11.1. The van der Waals surface area contributed by atoms with Crippen LogP contribution in [0.5, 0.6) is 0 Å². The van der Waals surface area contributed by atoms with Gasteiger partial charge in [-0.3, -0.25) is 0 Å². The first-order chi connectivity index (χ1) is 6.68. The maximum Gasteiger partial charge on any atom is 0.0962 e. The highest BCUT2D eigenvalue weighted by atomic mass is 15.3. The Morgan fingerprint density at radius 1 is 1.36 bits per heavy atom. The van der Waals surface area contributed by atoms with Crippen LogP contribution >= 0.6 is 0 Å². The van der Waals surface area contributed by atoms with E-state index in [-0.39, 0.29) is 0 Å². The van der Waals surface area contributed by atoms with Gasteiger partial charge in [-0.25, -0.2) is 0 Å². The van der Waals surface area contributed by atoms with Crippen LogP contribution in [-0.2, 0) is 6.54 Å². The highest BCUT2D eigenvalue weighted by molar-refractivity contribution is 4.89. The zero-order valence-electron chi connectivity index (χ0n) is 9.04. The number of H-pyrrole nitrogens is 1. The van der Waals surface area contributed by atoms with Crippen LogP contribution in [0.2, 0.25) is 0 Å². The fourth-order valence-electron chi connectivity index (χ4n) is 1.07. The van der Waals surface area contributed by atoms with E-state index < -0.39 is 0 Å². The first-order valence-corrected chi connectivity index (χ1v) is 5.00. The lowest BCUT2D eigenvalue weighted by molar-refractivity contribution is 0.471. The van der Waals surface area contributed by atoms with Gasteiger partial charge in [0.1, 0.15) is 0 Å². The average molecular weight is 197 g/mol. The molecule has 0 aliphatic carbocycles. The van der Waals surface area contributed by atoms with Gasteiger partial charge < -0.3 is 10.6 Å². The summed E-state index contributed by atoms with van der Waals surface area (Å²) in [5.74, 6) is 0. The van der Waals surface area contributed by atoms with Crippen LogP contribution in [0, 0.1) is 0 Å². The fraction of sp³-hybridized carbons (Fsp3) is 0.778. The number of rotatable bonds is 6. The molecule has 1 rings (SSSR count). The van der Waals surface area contributed by atoms with Gasteiger partial charge in [0, 0.05) is 25.2 Å². The summed E-state index contributed by atoms with van der Waals surface area (Å²) >= 11 is 0. The van der Waals surface area contributed by atoms with Crippen molar-refractivity contribution in [3.63, 3.8) is 0 Å². The number of aromatic amines is 1. The van der Waals surface area contributed by atoms with Crippen molar-refractivity contribution in [3.8, 4) is 0 Å². The summed E-state index contributed by atoms with van der Waals surface area (Å²) in [6.07, 6.45) is 1.73. The lowest BCUT2D eigenvalue weighted by Crippen LogP contribution is -2.38. The molecule has 0 aliphatic heterocycles. The van der Waals surface area contributed by atoms with Crippen molar-refractivity contribution in [3.05, 3.63) is 11.9 Å². The minimum Gasteiger partial charge on any atom is -0.313 e. The van der Waals surface area contributed by atoms with E-state index in [0.717, 1.165) is 18.8 Å². The van der Waals surface area contributed by atoms with Gasteiger partial charge in [0.05, 0.1) is 11.9 Å². The quantitative estimate of drug-likeness (QED) is 0.613. The predicted octanol–water partition coefficient (Wildman–Crippen LogP) is 0.281. The second-order valence-corrected chi connectivity index (χ2v) is 3.81. The SMILES string of the molecule is CC(C)NCC(C)NCc1cn[nH]n1. The van der Waals surface area contributed by atoms with E-state index in [1.807, 2.05) is 0 Å². The Hall–Kier alpha value is -0.940. The molecule has 1 atom stereocenters. The summed E-state index contributed by atoms with van der Waals surface area (Å²) in [5, 5.41) is 17.0. The molecule has 0 amide bonds. The molecule has 1 heterocycles. The topological polar surface area (TPSA) is 65.6 Å². The Labute approximate surface area is 84.7 Å². The molecule has 14 heavy (non-hydrogen) atoms. The Balaban J connectivity index is 2.12. The lowest BCUT2D eigenvalue weighted by Gasteiger charge is -2.15. The molecule has 0 bridgehead atoms. The molecule has 0 radical (unpaired) electrons. The summed E-state index contributed by atoms with van der Waals surface area (Å²) in [6.45, 7) is 8.16. The highest BCUT2D eigenvalue weighted by Crippen LogP contribution is 1.89. The van der Waals surface area contributed by atoms with Crippen molar-refractivity contribution in [2.45, 2.75) is 39.4 Å². The Morgan fingerprint density at radius 2 is 2.14 bits per heavy atom. The molecule has 1 unspecified atom stereocenters. The van der Waals surface area contributed by atoms with Gasteiger partial charge in [-0.05, 0) is 6.92 Å². The molecule has 0 saturated carbocycles. The van der Waals surface area contributed by atoms with Crippen LogP contribution in [0.3, 0.4) is 0 Å². The first-order valence-electron chi connectivity index (χ1n) is 5.00. The van der Waals surface area contributed by atoms with E-state index in [1.54, 1.807) is 6.20 Å². The maximum absolute atomic E-state index is 3.96. The average Bonchev–Trinajstić information content (AvgIpc) is 2.63. The minimum atomic E-state index is 0.439. The number of aromatic nitrogens is 3. The predicted molar refractivity (Wildman–Crippen MR) is 55.8 cm³/mol. The van der Waals surface area contributed by atoms with E-state index in [4.69, 9.17) is 0 Å². The van der Waals surface area contributed by atoms with Gasteiger partial charge in [0.2, 0.25) is 0 Å². The van der Waals surface area contributed by atoms with Crippen molar-refractivity contribution in [1.82, 2.24) is 26.0 Å². The van der Waals surface area contributed by atoms with E-state index in [1.165, 1.54) is 0 Å². The van der Waals surface area contributed by atoms with Gasteiger partial charge in [0.25, 0.3) is 0 Å². The number of nitrogens with zero attached hydrogens (tertiary/aromatic N) is 2. The third-order valence-corrected chi connectivity index (χ3v) is 1.93. The van der Waals surface area contributed by atoms with Crippen LogP contribution in [-0.4, -0.2) is 34.0 Å². The van der Waals surface area contributed by atoms with E-state index in [0.29, 0.717) is 12.1 Å². The summed E-state index contributed by atoms with van der Waals surface area (Å²) in [7, 11) is 0. The Morgan fingerprint density at radius 3 is 2.71 bits per heavy atom. The van der Waals surface area contributed by atoms with Gasteiger partial charge in [-0.2, -0.15) is 15.4 Å². The van der Waals surface area contributed by atoms with Crippen LogP contribution < -0.4 is 10.6 Å². The highest BCUT2D eigenvalue weighted by Gasteiger charge is 2.02. The zero-order valence-corrected chi connectivity index (χ0v) is 9.04. The van der Waals surface area contributed by atoms with Crippen molar-refractivity contribution in [2.24, 2.45) is 0 Å². The van der Waals surface area contributed by atoms with Gasteiger partial charge in [-0.15, -0.1) is 0 Å². The number of nitrogens with one attached hydrogen (secondary N) is 3. The smallest absolute Gasteiger partial charge is 0.0962 e.